The number of Topliss-reactive ketones (excluding diaryl/α,β-unsaturated/α-hetero) is 1. The van der Waals surface area contributed by atoms with E-state index in [9.17, 15) is 4.79 Å². The van der Waals surface area contributed by atoms with Crippen molar-refractivity contribution in [3.05, 3.63) is 24.3 Å². The van der Waals surface area contributed by atoms with E-state index in [1.165, 1.54) is 68.9 Å². The van der Waals surface area contributed by atoms with Crippen LogP contribution in [0.5, 0.6) is 0 Å². The van der Waals surface area contributed by atoms with Crippen LogP contribution in [0.2, 0.25) is 0 Å². The molecule has 3 fully saturated rings. The molecule has 3 aliphatic carbocycles. The van der Waals surface area contributed by atoms with Crippen LogP contribution >= 0.6 is 0 Å². The van der Waals surface area contributed by atoms with Crippen LogP contribution in [0.25, 0.3) is 0 Å². The lowest BCUT2D eigenvalue weighted by Gasteiger charge is -2.18. The molecule has 0 heterocycles. The monoisotopic (exact) mass is 332 g/mol. The second-order valence-electron chi connectivity index (χ2n) is 8.50. The van der Waals surface area contributed by atoms with Crippen molar-refractivity contribution in [1.29, 1.82) is 0 Å². The number of carbonyl (C=O) groups is 1. The molecule has 0 aromatic heterocycles. The predicted octanol–water partition coefficient (Wildman–Crippen LogP) is 7.27. The van der Waals surface area contributed by atoms with E-state index in [0.717, 1.165) is 31.1 Å². The molecular formula is C23H40O. The van der Waals surface area contributed by atoms with E-state index in [1.54, 1.807) is 0 Å². The van der Waals surface area contributed by atoms with Crippen molar-refractivity contribution < 1.29 is 4.79 Å². The highest BCUT2D eigenvalue weighted by Crippen LogP contribution is 2.26. The Morgan fingerprint density at radius 3 is 1.75 bits per heavy atom. The fraction of sp³-hybridized carbons (Fsp3) is 0.783. The fourth-order valence-electron chi connectivity index (χ4n) is 3.72. The summed E-state index contributed by atoms with van der Waals surface area (Å²) in [6.45, 7) is 14.6. The minimum absolute atomic E-state index is 0.365. The summed E-state index contributed by atoms with van der Waals surface area (Å²) in [7, 11) is 0. The zero-order chi connectivity index (χ0) is 17.9. The molecule has 0 N–H and O–H groups in total. The third-order valence-electron chi connectivity index (χ3n) is 5.71. The molecule has 0 aromatic carbocycles. The Bertz CT molecular complexity index is 396. The summed E-state index contributed by atoms with van der Waals surface area (Å²) in [6, 6.07) is 0. The molecule has 24 heavy (non-hydrogen) atoms. The molecule has 3 aliphatic rings. The molecule has 138 valence electrons. The van der Waals surface area contributed by atoms with Gasteiger partial charge in [0.25, 0.3) is 0 Å². The summed E-state index contributed by atoms with van der Waals surface area (Å²) in [6.07, 6.45) is 15.0. The molecule has 0 saturated heterocycles. The van der Waals surface area contributed by atoms with Gasteiger partial charge in [0, 0.05) is 12.3 Å². The Morgan fingerprint density at radius 2 is 1.38 bits per heavy atom. The standard InChI is InChI=1S/2C8H14.C7H12O/c1-7-3-5-8(2)6-4-7;1-7-4-3-5-8(2)6-7;1-6-4-2-3-5-7(6)8/h2*8H,1,3-6H2,2H3;6H,2-5H2,1H3. The molecule has 2 atom stereocenters. The van der Waals surface area contributed by atoms with Gasteiger partial charge in [0.1, 0.15) is 5.78 Å². The van der Waals surface area contributed by atoms with Crippen LogP contribution in [0.3, 0.4) is 0 Å². The minimum Gasteiger partial charge on any atom is -0.299 e. The highest BCUT2D eigenvalue weighted by molar-refractivity contribution is 5.81. The molecule has 3 rings (SSSR count). The summed E-state index contributed by atoms with van der Waals surface area (Å²) < 4.78 is 0. The van der Waals surface area contributed by atoms with Crippen molar-refractivity contribution in [3.63, 3.8) is 0 Å². The van der Waals surface area contributed by atoms with Gasteiger partial charge in [-0.15, -0.1) is 0 Å². The molecule has 1 heteroatoms. The average molecular weight is 333 g/mol. The second kappa shape index (κ2) is 11.7. The van der Waals surface area contributed by atoms with Crippen LogP contribution in [0.4, 0.5) is 0 Å². The highest BCUT2D eigenvalue weighted by Gasteiger charge is 2.16. The zero-order valence-electron chi connectivity index (χ0n) is 16.5. The third-order valence-corrected chi connectivity index (χ3v) is 5.71. The van der Waals surface area contributed by atoms with Crippen LogP contribution in [0, 0.1) is 17.8 Å². The first-order valence-corrected chi connectivity index (χ1v) is 10.2. The van der Waals surface area contributed by atoms with Crippen LogP contribution in [0.15, 0.2) is 24.3 Å². The Balaban J connectivity index is 0.000000180. The number of carbonyl (C=O) groups excluding carboxylic acids is 1. The van der Waals surface area contributed by atoms with Crippen molar-refractivity contribution in [3.8, 4) is 0 Å². The van der Waals surface area contributed by atoms with Gasteiger partial charge >= 0.3 is 0 Å². The molecule has 0 bridgehead atoms. The normalized spacial score (nSPS) is 28.4. The Morgan fingerprint density at radius 1 is 0.708 bits per heavy atom. The molecular weight excluding hydrogens is 292 g/mol. The molecule has 0 aromatic rings. The Kier molecular flexibility index (Phi) is 10.3. The van der Waals surface area contributed by atoms with E-state index >= 15 is 0 Å². The Hall–Kier alpha value is -0.850. The SMILES string of the molecule is C=C1CCC(C)CC1.C=C1CCCC(C)C1.CC1CCCCC1=O. The maximum atomic E-state index is 10.8. The number of ketones is 1. The van der Waals surface area contributed by atoms with E-state index in [-0.39, 0.29) is 0 Å². The average Bonchev–Trinajstić information content (AvgIpc) is 2.54. The number of hydrogen-bond donors (Lipinski definition) is 0. The van der Waals surface area contributed by atoms with Gasteiger partial charge in [0.05, 0.1) is 0 Å². The fourth-order valence-corrected chi connectivity index (χ4v) is 3.72. The second-order valence-corrected chi connectivity index (χ2v) is 8.50. The van der Waals surface area contributed by atoms with E-state index < -0.39 is 0 Å². The van der Waals surface area contributed by atoms with E-state index in [1.807, 2.05) is 6.92 Å². The lowest BCUT2D eigenvalue weighted by atomic mass is 9.88. The molecule has 1 nitrogen and oxygen atoms in total. The van der Waals surface area contributed by atoms with E-state index in [0.29, 0.717) is 11.7 Å². The summed E-state index contributed by atoms with van der Waals surface area (Å²) in [4.78, 5) is 10.8. The number of hydrogen-bond acceptors (Lipinski definition) is 1. The molecule has 3 saturated carbocycles. The van der Waals surface area contributed by atoms with E-state index in [2.05, 4.69) is 27.0 Å². The van der Waals surface area contributed by atoms with Crippen molar-refractivity contribution in [1.82, 2.24) is 0 Å². The highest BCUT2D eigenvalue weighted by atomic mass is 16.1. The van der Waals surface area contributed by atoms with Crippen molar-refractivity contribution in [2.24, 2.45) is 17.8 Å². The number of rotatable bonds is 0. The van der Waals surface area contributed by atoms with Gasteiger partial charge in [0.2, 0.25) is 0 Å². The van der Waals surface area contributed by atoms with Crippen LogP contribution < -0.4 is 0 Å². The maximum Gasteiger partial charge on any atom is 0.135 e. The van der Waals surface area contributed by atoms with Crippen LogP contribution in [-0.2, 0) is 4.79 Å². The van der Waals surface area contributed by atoms with Crippen molar-refractivity contribution in [2.75, 3.05) is 0 Å². The summed E-state index contributed by atoms with van der Waals surface area (Å²) in [5, 5.41) is 0. The van der Waals surface area contributed by atoms with Crippen molar-refractivity contribution >= 4 is 5.78 Å². The quantitative estimate of drug-likeness (QED) is 0.426. The van der Waals surface area contributed by atoms with Gasteiger partial charge in [-0.1, -0.05) is 57.9 Å². The smallest absolute Gasteiger partial charge is 0.135 e. The maximum absolute atomic E-state index is 10.8. The molecule has 0 spiro atoms. The third kappa shape index (κ3) is 9.45. The minimum atomic E-state index is 0.365. The predicted molar refractivity (Wildman–Crippen MR) is 106 cm³/mol. The Labute approximate surface area is 151 Å². The van der Waals surface area contributed by atoms with Crippen LogP contribution in [-0.4, -0.2) is 5.78 Å². The van der Waals surface area contributed by atoms with E-state index in [4.69, 9.17) is 0 Å². The lowest BCUT2D eigenvalue weighted by Crippen LogP contribution is -2.14. The molecule has 0 amide bonds. The molecule has 0 radical (unpaired) electrons. The lowest BCUT2D eigenvalue weighted by molar-refractivity contribution is -0.123. The number of allylic oxidation sites excluding steroid dienone is 2. The van der Waals surface area contributed by atoms with Crippen molar-refractivity contribution in [2.45, 2.75) is 97.8 Å². The molecule has 2 unspecified atom stereocenters. The van der Waals surface area contributed by atoms with Gasteiger partial charge in [-0.25, -0.2) is 0 Å². The summed E-state index contributed by atoms with van der Waals surface area (Å²) in [5.41, 5.74) is 2.92. The first kappa shape index (κ1) is 21.2. The largest absolute Gasteiger partial charge is 0.299 e. The zero-order valence-corrected chi connectivity index (χ0v) is 16.5. The van der Waals surface area contributed by atoms with Gasteiger partial charge in [-0.2, -0.15) is 0 Å². The van der Waals surface area contributed by atoms with Gasteiger partial charge in [-0.3, -0.25) is 4.79 Å². The van der Waals surface area contributed by atoms with Gasteiger partial charge in [0.15, 0.2) is 0 Å². The van der Waals surface area contributed by atoms with Gasteiger partial charge < -0.3 is 0 Å². The first-order chi connectivity index (χ1) is 11.4. The van der Waals surface area contributed by atoms with Crippen LogP contribution in [0.1, 0.15) is 97.8 Å². The topological polar surface area (TPSA) is 17.1 Å². The summed E-state index contributed by atoms with van der Waals surface area (Å²) >= 11 is 0. The molecule has 0 aliphatic heterocycles. The first-order valence-electron chi connectivity index (χ1n) is 10.2. The summed E-state index contributed by atoms with van der Waals surface area (Å²) in [5.74, 6) is 2.71. The van der Waals surface area contributed by atoms with Gasteiger partial charge in [-0.05, 0) is 69.6 Å².